The molecule has 1 heterocycles. The molecule has 0 radical (unpaired) electrons. The number of piperidine rings is 1. The number of primary sulfonamides is 1. The van der Waals surface area contributed by atoms with Crippen LogP contribution >= 0.6 is 0 Å². The van der Waals surface area contributed by atoms with Gasteiger partial charge in [0.2, 0.25) is 15.9 Å². The lowest BCUT2D eigenvalue weighted by atomic mass is 9.89. The van der Waals surface area contributed by atoms with Crippen molar-refractivity contribution in [1.29, 1.82) is 0 Å². The molecule has 0 saturated carbocycles. The Morgan fingerprint density at radius 2 is 1.95 bits per heavy atom. The molecule has 1 aliphatic heterocycles. The van der Waals surface area contributed by atoms with Gasteiger partial charge in [-0.05, 0) is 57.4 Å². The summed E-state index contributed by atoms with van der Waals surface area (Å²) in [6.07, 6.45) is 2.94. The molecule has 2 rings (SSSR count). The van der Waals surface area contributed by atoms with Crippen LogP contribution in [0.1, 0.15) is 44.7 Å². The number of benzene rings is 1. The van der Waals surface area contributed by atoms with Crippen LogP contribution in [0.4, 0.5) is 0 Å². The largest absolute Gasteiger partial charge is 0.348 e. The molecule has 1 aromatic rings. The number of hydrogen-bond donors (Lipinski definition) is 3. The first kappa shape index (κ1) is 16.9. The number of amides is 1. The molecule has 7 heteroatoms. The van der Waals surface area contributed by atoms with E-state index in [1.165, 1.54) is 12.1 Å². The number of rotatable bonds is 4. The zero-order valence-corrected chi connectivity index (χ0v) is 13.7. The molecular weight excluding hydrogens is 302 g/mol. The second-order valence-electron chi connectivity index (χ2n) is 6.03. The van der Waals surface area contributed by atoms with Gasteiger partial charge in [0.1, 0.15) is 0 Å². The van der Waals surface area contributed by atoms with E-state index < -0.39 is 15.6 Å². The summed E-state index contributed by atoms with van der Waals surface area (Å²) < 4.78 is 22.5. The van der Waals surface area contributed by atoms with Crippen molar-refractivity contribution in [3.8, 4) is 0 Å². The fraction of sp³-hybridized carbons (Fsp3) is 0.533. The fourth-order valence-electron chi connectivity index (χ4n) is 2.64. The average molecular weight is 325 g/mol. The molecule has 1 aliphatic rings. The molecule has 0 aliphatic carbocycles. The van der Waals surface area contributed by atoms with Crippen molar-refractivity contribution in [1.82, 2.24) is 10.6 Å². The van der Waals surface area contributed by atoms with Gasteiger partial charge in [-0.15, -0.1) is 0 Å². The molecule has 6 nitrogen and oxygen atoms in total. The molecule has 1 fully saturated rings. The molecule has 1 aromatic carbocycles. The number of carbonyl (C=O) groups excluding carboxylic acids is 1. The predicted octanol–water partition coefficient (Wildman–Crippen LogP) is 1.04. The number of hydrogen-bond acceptors (Lipinski definition) is 4. The van der Waals surface area contributed by atoms with Crippen molar-refractivity contribution in [2.24, 2.45) is 5.14 Å². The van der Waals surface area contributed by atoms with Gasteiger partial charge in [-0.1, -0.05) is 12.1 Å². The summed E-state index contributed by atoms with van der Waals surface area (Å²) in [6, 6.07) is 6.03. The Morgan fingerprint density at radius 3 is 2.45 bits per heavy atom. The number of sulfonamides is 1. The lowest BCUT2D eigenvalue weighted by Crippen LogP contribution is -2.57. The molecule has 2 atom stereocenters. The highest BCUT2D eigenvalue weighted by molar-refractivity contribution is 7.89. The van der Waals surface area contributed by atoms with Crippen molar-refractivity contribution in [2.75, 3.05) is 6.54 Å². The Bertz CT molecular complexity index is 635. The Labute approximate surface area is 131 Å². The van der Waals surface area contributed by atoms with Gasteiger partial charge < -0.3 is 10.6 Å². The zero-order chi connectivity index (χ0) is 16.4. The van der Waals surface area contributed by atoms with Crippen molar-refractivity contribution < 1.29 is 13.2 Å². The first-order valence-corrected chi connectivity index (χ1v) is 8.96. The van der Waals surface area contributed by atoms with Crippen LogP contribution in [0.5, 0.6) is 0 Å². The maximum Gasteiger partial charge on any atom is 0.240 e. The molecular formula is C15H23N3O3S. The second kappa shape index (κ2) is 6.36. The third-order valence-electron chi connectivity index (χ3n) is 4.18. The first-order chi connectivity index (χ1) is 10.2. The Hall–Kier alpha value is -1.44. The van der Waals surface area contributed by atoms with E-state index in [2.05, 4.69) is 10.6 Å². The lowest BCUT2D eigenvalue weighted by Gasteiger charge is -2.34. The van der Waals surface area contributed by atoms with Gasteiger partial charge in [0.05, 0.1) is 16.5 Å². The van der Waals surface area contributed by atoms with Crippen molar-refractivity contribution in [2.45, 2.75) is 49.6 Å². The minimum absolute atomic E-state index is 0.0322. The zero-order valence-electron chi connectivity index (χ0n) is 12.9. The molecule has 22 heavy (non-hydrogen) atoms. The van der Waals surface area contributed by atoms with Crippen LogP contribution in [-0.4, -0.2) is 26.4 Å². The smallest absolute Gasteiger partial charge is 0.240 e. The van der Waals surface area contributed by atoms with Crippen LogP contribution in [0.15, 0.2) is 29.2 Å². The normalized spacial score (nSPS) is 23.8. The van der Waals surface area contributed by atoms with E-state index in [1.54, 1.807) is 12.1 Å². The Kier molecular flexibility index (Phi) is 4.89. The van der Waals surface area contributed by atoms with Crippen molar-refractivity contribution in [3.63, 3.8) is 0 Å². The van der Waals surface area contributed by atoms with E-state index in [9.17, 15) is 13.2 Å². The van der Waals surface area contributed by atoms with Gasteiger partial charge in [0, 0.05) is 0 Å². The van der Waals surface area contributed by atoms with E-state index in [1.807, 2.05) is 13.8 Å². The minimum atomic E-state index is -3.69. The molecule has 4 N–H and O–H groups in total. The number of nitrogens with one attached hydrogen (secondary N) is 2. The van der Waals surface area contributed by atoms with Crippen LogP contribution in [0, 0.1) is 0 Å². The summed E-state index contributed by atoms with van der Waals surface area (Å²) >= 11 is 0. The highest BCUT2D eigenvalue weighted by atomic mass is 32.2. The molecule has 0 spiro atoms. The molecule has 122 valence electrons. The molecule has 1 saturated heterocycles. The third-order valence-corrected chi connectivity index (χ3v) is 5.11. The van der Waals surface area contributed by atoms with Crippen LogP contribution in [0.25, 0.3) is 0 Å². The topological polar surface area (TPSA) is 101 Å². The van der Waals surface area contributed by atoms with Crippen LogP contribution < -0.4 is 15.8 Å². The van der Waals surface area contributed by atoms with E-state index in [0.29, 0.717) is 0 Å². The molecule has 2 unspecified atom stereocenters. The summed E-state index contributed by atoms with van der Waals surface area (Å²) in [6.45, 7) is 4.63. The Morgan fingerprint density at radius 1 is 1.32 bits per heavy atom. The number of nitrogens with two attached hydrogens (primary N) is 1. The van der Waals surface area contributed by atoms with Gasteiger partial charge in [0.15, 0.2) is 0 Å². The van der Waals surface area contributed by atoms with Crippen LogP contribution in [0.3, 0.4) is 0 Å². The van der Waals surface area contributed by atoms with Gasteiger partial charge in [-0.25, -0.2) is 13.6 Å². The van der Waals surface area contributed by atoms with Crippen LogP contribution in [0.2, 0.25) is 0 Å². The lowest BCUT2D eigenvalue weighted by molar-refractivity contribution is -0.128. The highest BCUT2D eigenvalue weighted by Gasteiger charge is 2.34. The highest BCUT2D eigenvalue weighted by Crippen LogP contribution is 2.21. The van der Waals surface area contributed by atoms with Crippen molar-refractivity contribution >= 4 is 15.9 Å². The standard InChI is InChI=1S/C15H23N3O3S/c1-11(12-5-7-13(8-6-12)22(16,20)21)18-14(19)15(2)9-3-4-10-17-15/h5-8,11,17H,3-4,9-10H2,1-2H3,(H,18,19)(H2,16,20,21). The minimum Gasteiger partial charge on any atom is -0.348 e. The quantitative estimate of drug-likeness (QED) is 0.770. The van der Waals surface area contributed by atoms with E-state index >= 15 is 0 Å². The summed E-state index contributed by atoms with van der Waals surface area (Å²) in [7, 11) is -3.69. The first-order valence-electron chi connectivity index (χ1n) is 7.41. The van der Waals surface area contributed by atoms with Crippen molar-refractivity contribution in [3.05, 3.63) is 29.8 Å². The summed E-state index contributed by atoms with van der Waals surface area (Å²) in [5, 5.41) is 11.3. The SMILES string of the molecule is CC(NC(=O)C1(C)CCCCN1)c1ccc(S(N)(=O)=O)cc1. The summed E-state index contributed by atoms with van der Waals surface area (Å²) in [5.74, 6) is -0.0322. The van der Waals surface area contributed by atoms with E-state index in [4.69, 9.17) is 5.14 Å². The van der Waals surface area contributed by atoms with Gasteiger partial charge >= 0.3 is 0 Å². The maximum atomic E-state index is 12.4. The van der Waals surface area contributed by atoms with E-state index in [-0.39, 0.29) is 16.8 Å². The molecule has 0 aromatic heterocycles. The predicted molar refractivity (Wildman–Crippen MR) is 84.6 cm³/mol. The number of carbonyl (C=O) groups is 1. The Balaban J connectivity index is 2.05. The maximum absolute atomic E-state index is 12.4. The monoisotopic (exact) mass is 325 g/mol. The molecule has 0 bridgehead atoms. The van der Waals surface area contributed by atoms with Gasteiger partial charge in [-0.3, -0.25) is 4.79 Å². The third kappa shape index (κ3) is 3.85. The molecule has 1 amide bonds. The second-order valence-corrected chi connectivity index (χ2v) is 7.59. The van der Waals surface area contributed by atoms with E-state index in [0.717, 1.165) is 31.4 Å². The average Bonchev–Trinajstić information content (AvgIpc) is 2.47. The van der Waals surface area contributed by atoms with Gasteiger partial charge in [0.25, 0.3) is 0 Å². The summed E-state index contributed by atoms with van der Waals surface area (Å²) in [4.78, 5) is 12.5. The van der Waals surface area contributed by atoms with Crippen LogP contribution in [-0.2, 0) is 14.8 Å². The van der Waals surface area contributed by atoms with Gasteiger partial charge in [-0.2, -0.15) is 0 Å². The fourth-order valence-corrected chi connectivity index (χ4v) is 3.15. The summed E-state index contributed by atoms with van der Waals surface area (Å²) in [5.41, 5.74) is 0.299.